The number of benzene rings is 1. The topological polar surface area (TPSA) is 141 Å². The van der Waals surface area contributed by atoms with Crippen molar-refractivity contribution in [1.82, 2.24) is 0 Å². The second-order valence-electron chi connectivity index (χ2n) is 4.30. The third kappa shape index (κ3) is 3.68. The molecule has 22 heavy (non-hydrogen) atoms. The predicted molar refractivity (Wildman–Crippen MR) is 79.1 cm³/mol. The Hall–Kier alpha value is -2.72. The summed E-state index contributed by atoms with van der Waals surface area (Å²) in [6.07, 6.45) is 1.34. The Morgan fingerprint density at radius 3 is 2.64 bits per heavy atom. The molecule has 0 spiro atoms. The van der Waals surface area contributed by atoms with Gasteiger partial charge in [-0.25, -0.2) is 13.6 Å². The quantitative estimate of drug-likeness (QED) is 0.486. The van der Waals surface area contributed by atoms with Crippen molar-refractivity contribution < 1.29 is 17.8 Å². The van der Waals surface area contributed by atoms with Crippen LogP contribution in [0.5, 0.6) is 0 Å². The van der Waals surface area contributed by atoms with E-state index in [1.807, 2.05) is 0 Å². The van der Waals surface area contributed by atoms with Crippen LogP contribution in [0.1, 0.15) is 11.5 Å². The average Bonchev–Trinajstić information content (AvgIpc) is 2.83. The summed E-state index contributed by atoms with van der Waals surface area (Å²) >= 11 is 0. The molecule has 0 saturated heterocycles. The fraction of sp³-hybridized carbons (Fsp3) is 0.0833. The van der Waals surface area contributed by atoms with E-state index in [-0.39, 0.29) is 10.6 Å². The first kappa shape index (κ1) is 15.7. The molecule has 1 aromatic carbocycles. The number of primary sulfonamides is 1. The van der Waals surface area contributed by atoms with Crippen LogP contribution in [-0.2, 0) is 10.0 Å². The molecule has 9 nitrogen and oxygen atoms in total. The summed E-state index contributed by atoms with van der Waals surface area (Å²) in [6.45, 7) is 1.77. The highest BCUT2D eigenvalue weighted by atomic mass is 32.2. The van der Waals surface area contributed by atoms with Crippen molar-refractivity contribution in [3.8, 4) is 0 Å². The van der Waals surface area contributed by atoms with Crippen molar-refractivity contribution in [3.05, 3.63) is 52.0 Å². The van der Waals surface area contributed by atoms with Gasteiger partial charge in [-0.2, -0.15) is 5.10 Å². The third-order valence-corrected chi connectivity index (χ3v) is 3.54. The van der Waals surface area contributed by atoms with Crippen LogP contribution < -0.4 is 10.6 Å². The number of hydrogen-bond donors (Lipinski definition) is 2. The number of furan rings is 1. The van der Waals surface area contributed by atoms with E-state index in [0.717, 1.165) is 12.1 Å². The van der Waals surface area contributed by atoms with Crippen LogP contribution in [0.2, 0.25) is 0 Å². The molecule has 0 bridgehead atoms. The molecule has 10 heteroatoms. The fourth-order valence-corrected chi connectivity index (χ4v) is 2.16. The van der Waals surface area contributed by atoms with E-state index in [2.05, 4.69) is 10.5 Å². The normalized spacial score (nSPS) is 11.7. The van der Waals surface area contributed by atoms with E-state index in [1.165, 1.54) is 12.3 Å². The lowest BCUT2D eigenvalue weighted by Crippen LogP contribution is -2.12. The fourth-order valence-electron chi connectivity index (χ4n) is 1.62. The van der Waals surface area contributed by atoms with Gasteiger partial charge in [0.25, 0.3) is 5.69 Å². The molecule has 2 aromatic rings. The minimum atomic E-state index is -4.02. The van der Waals surface area contributed by atoms with Gasteiger partial charge < -0.3 is 4.42 Å². The Kier molecular flexibility index (Phi) is 4.24. The van der Waals surface area contributed by atoms with Crippen LogP contribution in [0.25, 0.3) is 0 Å². The van der Waals surface area contributed by atoms with Crippen molar-refractivity contribution >= 4 is 27.6 Å². The second-order valence-corrected chi connectivity index (χ2v) is 5.86. The lowest BCUT2D eigenvalue weighted by atomic mass is 10.3. The minimum absolute atomic E-state index is 0.0249. The molecule has 0 amide bonds. The monoisotopic (exact) mass is 324 g/mol. The number of nitrogens with zero attached hydrogens (tertiary/aromatic N) is 2. The number of sulfonamides is 1. The van der Waals surface area contributed by atoms with Gasteiger partial charge in [0.05, 0.1) is 16.0 Å². The summed E-state index contributed by atoms with van der Waals surface area (Å²) in [4.78, 5) is 9.91. The molecular weight excluding hydrogens is 312 g/mol. The zero-order valence-corrected chi connectivity index (χ0v) is 12.2. The molecule has 0 fully saturated rings. The van der Waals surface area contributed by atoms with Crippen molar-refractivity contribution in [2.75, 3.05) is 5.43 Å². The summed E-state index contributed by atoms with van der Waals surface area (Å²) in [7, 11) is -4.02. The van der Waals surface area contributed by atoms with Crippen molar-refractivity contribution in [3.63, 3.8) is 0 Å². The first-order valence-corrected chi connectivity index (χ1v) is 7.49. The van der Waals surface area contributed by atoms with Gasteiger partial charge in [-0.05, 0) is 31.2 Å². The zero-order valence-electron chi connectivity index (χ0n) is 11.4. The molecule has 1 aromatic heterocycles. The standard InChI is InChI=1S/C12H12N4O5S/c1-8-2-3-9(21-8)7-14-15-11-5-4-10(22(13,19)20)6-12(11)16(17)18/h2-7,15H,1H3,(H2,13,19,20)/b14-7+. The number of nitrogens with one attached hydrogen (secondary N) is 1. The van der Waals surface area contributed by atoms with Gasteiger partial charge in [-0.3, -0.25) is 15.5 Å². The maximum atomic E-state index is 11.2. The van der Waals surface area contributed by atoms with Gasteiger partial charge in [-0.15, -0.1) is 0 Å². The molecule has 2 rings (SSSR count). The van der Waals surface area contributed by atoms with E-state index in [9.17, 15) is 18.5 Å². The van der Waals surface area contributed by atoms with E-state index >= 15 is 0 Å². The molecule has 0 aliphatic rings. The van der Waals surface area contributed by atoms with Crippen molar-refractivity contribution in [2.24, 2.45) is 10.2 Å². The zero-order chi connectivity index (χ0) is 16.3. The molecule has 0 atom stereocenters. The summed E-state index contributed by atoms with van der Waals surface area (Å²) in [5.74, 6) is 1.17. The van der Waals surface area contributed by atoms with E-state index in [1.54, 1.807) is 19.1 Å². The number of hydrogen-bond acceptors (Lipinski definition) is 7. The number of hydrazone groups is 1. The first-order valence-electron chi connectivity index (χ1n) is 5.94. The van der Waals surface area contributed by atoms with Crippen LogP contribution in [0.15, 0.2) is 44.7 Å². The molecule has 1 heterocycles. The van der Waals surface area contributed by atoms with Crippen molar-refractivity contribution in [2.45, 2.75) is 11.8 Å². The maximum Gasteiger partial charge on any atom is 0.295 e. The molecule has 3 N–H and O–H groups in total. The predicted octanol–water partition coefficient (Wildman–Crippen LogP) is 1.59. The van der Waals surface area contributed by atoms with E-state index in [0.29, 0.717) is 11.5 Å². The smallest absolute Gasteiger partial charge is 0.295 e. The SMILES string of the molecule is Cc1ccc(/C=N/Nc2ccc(S(N)(=O)=O)cc2[N+](=O)[O-])o1. The Bertz CT molecular complexity index is 841. The lowest BCUT2D eigenvalue weighted by Gasteiger charge is -2.03. The number of nitro groups is 1. The van der Waals surface area contributed by atoms with Gasteiger partial charge in [0.1, 0.15) is 17.2 Å². The molecule has 0 radical (unpaired) electrons. The van der Waals surface area contributed by atoms with Gasteiger partial charge in [0.15, 0.2) is 0 Å². The van der Waals surface area contributed by atoms with Crippen LogP contribution in [-0.4, -0.2) is 19.6 Å². The molecular formula is C12H12N4O5S. The van der Waals surface area contributed by atoms with E-state index < -0.39 is 20.6 Å². The molecule has 0 aliphatic carbocycles. The van der Waals surface area contributed by atoms with Crippen LogP contribution in [0.3, 0.4) is 0 Å². The molecule has 0 aliphatic heterocycles. The number of nitrogens with two attached hydrogens (primary N) is 1. The Labute approximate surface area is 125 Å². The Morgan fingerprint density at radius 2 is 2.09 bits per heavy atom. The first-order chi connectivity index (χ1) is 10.3. The van der Waals surface area contributed by atoms with Crippen LogP contribution in [0.4, 0.5) is 11.4 Å². The summed E-state index contributed by atoms with van der Waals surface area (Å²) in [6, 6.07) is 6.65. The number of aryl methyl sites for hydroxylation is 1. The largest absolute Gasteiger partial charge is 0.460 e. The average molecular weight is 324 g/mol. The minimum Gasteiger partial charge on any atom is -0.460 e. The lowest BCUT2D eigenvalue weighted by molar-refractivity contribution is -0.384. The van der Waals surface area contributed by atoms with Gasteiger partial charge in [-0.1, -0.05) is 0 Å². The second kappa shape index (κ2) is 5.95. The highest BCUT2D eigenvalue weighted by Crippen LogP contribution is 2.27. The summed E-state index contributed by atoms with van der Waals surface area (Å²) in [5.41, 5.74) is 2.03. The van der Waals surface area contributed by atoms with Gasteiger partial charge in [0.2, 0.25) is 10.0 Å². The Morgan fingerprint density at radius 1 is 1.36 bits per heavy atom. The molecule has 0 saturated carbocycles. The van der Waals surface area contributed by atoms with E-state index in [4.69, 9.17) is 9.56 Å². The van der Waals surface area contributed by atoms with Gasteiger partial charge >= 0.3 is 0 Å². The van der Waals surface area contributed by atoms with Crippen LogP contribution in [0, 0.1) is 17.0 Å². The highest BCUT2D eigenvalue weighted by molar-refractivity contribution is 7.89. The molecule has 116 valence electrons. The summed E-state index contributed by atoms with van der Waals surface area (Å²) in [5, 5.41) is 19.7. The maximum absolute atomic E-state index is 11.2. The van der Waals surface area contributed by atoms with Crippen molar-refractivity contribution in [1.29, 1.82) is 0 Å². The molecule has 0 unspecified atom stereocenters. The number of anilines is 1. The highest BCUT2D eigenvalue weighted by Gasteiger charge is 2.18. The summed E-state index contributed by atoms with van der Waals surface area (Å²) < 4.78 is 27.7. The van der Waals surface area contributed by atoms with Crippen LogP contribution >= 0.6 is 0 Å². The number of nitro benzene ring substituents is 1. The number of rotatable bonds is 5. The third-order valence-electron chi connectivity index (χ3n) is 2.63. The van der Waals surface area contributed by atoms with Gasteiger partial charge in [0, 0.05) is 6.07 Å². The Balaban J connectivity index is 2.27.